The van der Waals surface area contributed by atoms with Gasteiger partial charge in [0.25, 0.3) is 0 Å². The van der Waals surface area contributed by atoms with Gasteiger partial charge in [0, 0.05) is 24.9 Å². The molecule has 0 radical (unpaired) electrons. The quantitative estimate of drug-likeness (QED) is 0.603. The lowest BCUT2D eigenvalue weighted by Crippen LogP contribution is -2.37. The molecule has 0 N–H and O–H groups in total. The Labute approximate surface area is 92.6 Å². The summed E-state index contributed by atoms with van der Waals surface area (Å²) < 4.78 is 0. The number of carbonyl (C=O) groups is 1. The van der Waals surface area contributed by atoms with Crippen molar-refractivity contribution in [2.45, 2.75) is 40.0 Å². The van der Waals surface area contributed by atoms with Crippen molar-refractivity contribution in [1.82, 2.24) is 4.90 Å². The van der Waals surface area contributed by atoms with E-state index in [1.807, 2.05) is 18.7 Å². The first-order valence-electron chi connectivity index (χ1n) is 5.52. The van der Waals surface area contributed by atoms with Gasteiger partial charge in [-0.05, 0) is 12.8 Å². The monoisotopic (exact) mass is 219 g/mol. The van der Waals surface area contributed by atoms with Gasteiger partial charge >= 0.3 is 0 Å². The molecule has 84 valence electrons. The second-order valence-electron chi connectivity index (χ2n) is 3.68. The number of hydrogen-bond donors (Lipinski definition) is 0. The molecule has 0 aromatic heterocycles. The lowest BCUT2D eigenvalue weighted by atomic mass is 10.1. The number of unbranched alkanes of at least 4 members (excludes halogenated alkanes) is 1. The predicted molar refractivity (Wildman–Crippen MR) is 61.7 cm³/mol. The molecule has 0 aliphatic carbocycles. The van der Waals surface area contributed by atoms with E-state index in [-0.39, 0.29) is 11.8 Å². The third-order valence-corrected chi connectivity index (χ3v) is 2.65. The molecule has 0 aromatic carbocycles. The average molecular weight is 220 g/mol. The summed E-state index contributed by atoms with van der Waals surface area (Å²) in [5, 5.41) is 0. The van der Waals surface area contributed by atoms with Crippen LogP contribution in [0, 0.1) is 5.92 Å². The Kier molecular flexibility index (Phi) is 7.96. The van der Waals surface area contributed by atoms with Gasteiger partial charge in [0.2, 0.25) is 5.91 Å². The van der Waals surface area contributed by atoms with Crippen LogP contribution < -0.4 is 0 Å². The number of carbonyl (C=O) groups excluding carboxylic acids is 1. The van der Waals surface area contributed by atoms with Crippen LogP contribution in [0.5, 0.6) is 0 Å². The normalized spacial score (nSPS) is 12.6. The van der Waals surface area contributed by atoms with Crippen molar-refractivity contribution in [3.05, 3.63) is 0 Å². The van der Waals surface area contributed by atoms with E-state index in [4.69, 9.17) is 11.6 Å². The fraction of sp³-hybridized carbons (Fsp3) is 0.909. The van der Waals surface area contributed by atoms with Gasteiger partial charge in [-0.25, -0.2) is 0 Å². The molecule has 1 amide bonds. The molecule has 1 unspecified atom stereocenters. The molecule has 0 fully saturated rings. The highest BCUT2D eigenvalue weighted by molar-refractivity contribution is 6.18. The van der Waals surface area contributed by atoms with Crippen molar-refractivity contribution in [1.29, 1.82) is 0 Å². The Balaban J connectivity index is 4.10. The maximum absolute atomic E-state index is 11.8. The summed E-state index contributed by atoms with van der Waals surface area (Å²) in [5.74, 6) is 0.919. The van der Waals surface area contributed by atoms with Crippen LogP contribution in [-0.2, 0) is 4.79 Å². The molecule has 3 heteroatoms. The molecule has 1 atom stereocenters. The van der Waals surface area contributed by atoms with Gasteiger partial charge in [-0.1, -0.05) is 27.2 Å². The predicted octanol–water partition coefficient (Wildman–Crippen LogP) is 2.90. The van der Waals surface area contributed by atoms with Crippen LogP contribution in [0.4, 0.5) is 0 Å². The molecule has 0 bridgehead atoms. The van der Waals surface area contributed by atoms with Gasteiger partial charge in [0.05, 0.1) is 0 Å². The molecule has 0 aliphatic rings. The number of nitrogens with zero attached hydrogens (tertiary/aromatic N) is 1. The standard InChI is InChI=1S/C11H22ClNO/c1-4-6-8-13(9-7-12)11(14)10(3)5-2/h10H,4-9H2,1-3H3. The zero-order chi connectivity index (χ0) is 11.0. The summed E-state index contributed by atoms with van der Waals surface area (Å²) in [6.07, 6.45) is 3.09. The van der Waals surface area contributed by atoms with Gasteiger partial charge in [-0.3, -0.25) is 4.79 Å². The molecule has 0 spiro atoms. The van der Waals surface area contributed by atoms with Crippen molar-refractivity contribution < 1.29 is 4.79 Å². The van der Waals surface area contributed by atoms with Crippen LogP contribution in [-0.4, -0.2) is 29.8 Å². The van der Waals surface area contributed by atoms with E-state index in [1.165, 1.54) is 0 Å². The molecular formula is C11H22ClNO. The highest BCUT2D eigenvalue weighted by Gasteiger charge is 2.17. The van der Waals surface area contributed by atoms with E-state index in [1.54, 1.807) is 0 Å². The topological polar surface area (TPSA) is 20.3 Å². The van der Waals surface area contributed by atoms with Crippen LogP contribution in [0.2, 0.25) is 0 Å². The van der Waals surface area contributed by atoms with Crippen LogP contribution in [0.15, 0.2) is 0 Å². The SMILES string of the molecule is CCCCN(CCCl)C(=O)C(C)CC. The number of amides is 1. The Hall–Kier alpha value is -0.240. The third-order valence-electron chi connectivity index (χ3n) is 2.48. The molecule has 0 heterocycles. The Morgan fingerprint density at radius 2 is 2.00 bits per heavy atom. The summed E-state index contributed by atoms with van der Waals surface area (Å²) in [6, 6.07) is 0. The molecule has 14 heavy (non-hydrogen) atoms. The average Bonchev–Trinajstić information content (AvgIpc) is 2.22. The van der Waals surface area contributed by atoms with E-state index >= 15 is 0 Å². The van der Waals surface area contributed by atoms with Crippen LogP contribution >= 0.6 is 11.6 Å². The Morgan fingerprint density at radius 1 is 1.36 bits per heavy atom. The van der Waals surface area contributed by atoms with Crippen molar-refractivity contribution in [3.63, 3.8) is 0 Å². The molecule has 0 saturated carbocycles. The summed E-state index contributed by atoms with van der Waals surface area (Å²) in [7, 11) is 0. The minimum atomic E-state index is 0.134. The van der Waals surface area contributed by atoms with Gasteiger partial charge in [0.1, 0.15) is 0 Å². The molecule has 0 rings (SSSR count). The summed E-state index contributed by atoms with van der Waals surface area (Å²) in [4.78, 5) is 13.7. The third kappa shape index (κ3) is 4.85. The van der Waals surface area contributed by atoms with Crippen LogP contribution in [0.25, 0.3) is 0 Å². The number of halogens is 1. The molecule has 0 aromatic rings. The van der Waals surface area contributed by atoms with Crippen molar-refractivity contribution >= 4 is 17.5 Å². The first-order valence-corrected chi connectivity index (χ1v) is 6.05. The maximum Gasteiger partial charge on any atom is 0.225 e. The highest BCUT2D eigenvalue weighted by Crippen LogP contribution is 2.08. The van der Waals surface area contributed by atoms with Gasteiger partial charge in [0.15, 0.2) is 0 Å². The summed E-state index contributed by atoms with van der Waals surface area (Å²) in [6.45, 7) is 7.69. The zero-order valence-corrected chi connectivity index (χ0v) is 10.3. The van der Waals surface area contributed by atoms with Crippen LogP contribution in [0.3, 0.4) is 0 Å². The zero-order valence-electron chi connectivity index (χ0n) is 9.55. The van der Waals surface area contributed by atoms with Gasteiger partial charge in [-0.15, -0.1) is 11.6 Å². The second kappa shape index (κ2) is 8.10. The molecule has 2 nitrogen and oxygen atoms in total. The molecule has 0 aliphatic heterocycles. The smallest absolute Gasteiger partial charge is 0.225 e. The highest BCUT2D eigenvalue weighted by atomic mass is 35.5. The van der Waals surface area contributed by atoms with Crippen molar-refractivity contribution in [2.24, 2.45) is 5.92 Å². The number of rotatable bonds is 7. The fourth-order valence-electron chi connectivity index (χ4n) is 1.27. The Bertz CT molecular complexity index is 161. The minimum Gasteiger partial charge on any atom is -0.341 e. The van der Waals surface area contributed by atoms with Crippen molar-refractivity contribution in [3.8, 4) is 0 Å². The summed E-state index contributed by atoms with van der Waals surface area (Å²) >= 11 is 5.67. The number of hydrogen-bond acceptors (Lipinski definition) is 1. The largest absolute Gasteiger partial charge is 0.341 e. The Morgan fingerprint density at radius 3 is 2.43 bits per heavy atom. The minimum absolute atomic E-state index is 0.134. The van der Waals surface area contributed by atoms with E-state index in [9.17, 15) is 4.79 Å². The van der Waals surface area contributed by atoms with Gasteiger partial charge < -0.3 is 4.90 Å². The van der Waals surface area contributed by atoms with Gasteiger partial charge in [-0.2, -0.15) is 0 Å². The first-order chi connectivity index (χ1) is 6.67. The molecular weight excluding hydrogens is 198 g/mol. The van der Waals surface area contributed by atoms with Crippen molar-refractivity contribution in [2.75, 3.05) is 19.0 Å². The molecule has 0 saturated heterocycles. The second-order valence-corrected chi connectivity index (χ2v) is 4.06. The maximum atomic E-state index is 11.8. The lowest BCUT2D eigenvalue weighted by molar-refractivity contribution is -0.134. The number of alkyl halides is 1. The van der Waals surface area contributed by atoms with Crippen LogP contribution in [0.1, 0.15) is 40.0 Å². The summed E-state index contributed by atoms with van der Waals surface area (Å²) in [5.41, 5.74) is 0. The van der Waals surface area contributed by atoms with E-state index in [0.29, 0.717) is 12.4 Å². The van der Waals surface area contributed by atoms with E-state index in [0.717, 1.165) is 25.8 Å². The first kappa shape index (κ1) is 13.8. The van der Waals surface area contributed by atoms with E-state index in [2.05, 4.69) is 6.92 Å². The lowest BCUT2D eigenvalue weighted by Gasteiger charge is -2.24. The fourth-order valence-corrected chi connectivity index (χ4v) is 1.47. The van der Waals surface area contributed by atoms with E-state index < -0.39 is 0 Å².